The Balaban J connectivity index is 1.55. The second kappa shape index (κ2) is 11.9. The first kappa shape index (κ1) is 25.6. The molecule has 1 aliphatic carbocycles. The quantitative estimate of drug-likeness (QED) is 0.236. The molecule has 33 heavy (non-hydrogen) atoms. The Labute approximate surface area is 200 Å². The molecule has 0 unspecified atom stereocenters. The standard InChI is InChI=1S/C25H26ClF3O3S/c26-22-12-10-18(6-1-4-17-5-2-7-19(16-17)25(27,28)29)21(22)9-3-8-20-11-13-23(33-20)24(31)32-15-14-30/h2,4-7,11,13,16,18,21-22,30H,3,8-10,12,14-15H2/t1?,18-,21+,22+/m0/s1. The summed E-state index contributed by atoms with van der Waals surface area (Å²) in [6.07, 6.45) is 3.66. The van der Waals surface area contributed by atoms with Crippen LogP contribution in [0.2, 0.25) is 0 Å². The maximum Gasteiger partial charge on any atom is 0.416 e. The van der Waals surface area contributed by atoms with Gasteiger partial charge < -0.3 is 9.84 Å². The minimum Gasteiger partial charge on any atom is -0.459 e. The number of aliphatic hydroxyl groups excluding tert-OH is 1. The molecule has 0 aliphatic heterocycles. The Morgan fingerprint density at radius 1 is 1.27 bits per heavy atom. The van der Waals surface area contributed by atoms with Crippen molar-refractivity contribution in [3.8, 4) is 0 Å². The van der Waals surface area contributed by atoms with Crippen LogP contribution in [0.5, 0.6) is 0 Å². The highest BCUT2D eigenvalue weighted by Gasteiger charge is 2.33. The second-order valence-electron chi connectivity index (χ2n) is 8.04. The van der Waals surface area contributed by atoms with Crippen molar-refractivity contribution in [2.24, 2.45) is 11.8 Å². The number of benzene rings is 1. The number of alkyl halides is 4. The van der Waals surface area contributed by atoms with E-state index in [4.69, 9.17) is 21.4 Å². The SMILES string of the molecule is O=C(OCCO)c1ccc(CCC[C@H]2[C@H](Cl)CC[C@@H]2C=C=Cc2cccc(C(F)(F)F)c2)s1. The minimum absolute atomic E-state index is 0.0119. The summed E-state index contributed by atoms with van der Waals surface area (Å²) in [5, 5.41) is 8.81. The van der Waals surface area contributed by atoms with Gasteiger partial charge in [-0.15, -0.1) is 28.7 Å². The van der Waals surface area contributed by atoms with E-state index in [1.165, 1.54) is 17.4 Å². The first-order valence-corrected chi connectivity index (χ1v) is 12.1. The zero-order valence-electron chi connectivity index (χ0n) is 18.0. The lowest BCUT2D eigenvalue weighted by Crippen LogP contribution is -2.13. The molecule has 0 bridgehead atoms. The number of hydrogen-bond donors (Lipinski definition) is 1. The van der Waals surface area contributed by atoms with Crippen molar-refractivity contribution in [1.29, 1.82) is 0 Å². The Kier molecular flexibility index (Phi) is 9.21. The smallest absolute Gasteiger partial charge is 0.416 e. The summed E-state index contributed by atoms with van der Waals surface area (Å²) in [5.74, 6) is 0.0969. The zero-order chi connectivity index (χ0) is 23.8. The molecule has 1 heterocycles. The average Bonchev–Trinajstić information content (AvgIpc) is 3.39. The predicted molar refractivity (Wildman–Crippen MR) is 124 cm³/mol. The molecule has 1 aromatic carbocycles. The van der Waals surface area contributed by atoms with Gasteiger partial charge in [-0.05, 0) is 85.9 Å². The fraction of sp³-hybridized carbons (Fsp3) is 0.440. The molecule has 1 aromatic heterocycles. The van der Waals surface area contributed by atoms with Gasteiger partial charge in [-0.3, -0.25) is 0 Å². The molecule has 0 amide bonds. The van der Waals surface area contributed by atoms with Gasteiger partial charge in [-0.25, -0.2) is 4.79 Å². The summed E-state index contributed by atoms with van der Waals surface area (Å²) in [5.41, 5.74) is 2.86. The van der Waals surface area contributed by atoms with Crippen LogP contribution in [0.3, 0.4) is 0 Å². The Bertz CT molecular complexity index is 995. The summed E-state index contributed by atoms with van der Waals surface area (Å²) in [6, 6.07) is 8.85. The van der Waals surface area contributed by atoms with Crippen LogP contribution in [0, 0.1) is 11.8 Å². The number of halogens is 4. The lowest BCUT2D eigenvalue weighted by Gasteiger charge is -2.18. The number of allylic oxidation sites excluding steroid dienone is 1. The van der Waals surface area contributed by atoms with E-state index < -0.39 is 17.7 Å². The number of carbonyl (C=O) groups is 1. The number of carbonyl (C=O) groups excluding carboxylic acids is 1. The van der Waals surface area contributed by atoms with Crippen molar-refractivity contribution in [2.45, 2.75) is 43.7 Å². The van der Waals surface area contributed by atoms with Gasteiger partial charge >= 0.3 is 12.1 Å². The van der Waals surface area contributed by atoms with Gasteiger partial charge in [-0.1, -0.05) is 12.1 Å². The Morgan fingerprint density at radius 2 is 2.09 bits per heavy atom. The van der Waals surface area contributed by atoms with Gasteiger partial charge in [0.25, 0.3) is 0 Å². The maximum atomic E-state index is 12.9. The van der Waals surface area contributed by atoms with E-state index >= 15 is 0 Å². The van der Waals surface area contributed by atoms with Crippen molar-refractivity contribution in [2.75, 3.05) is 13.2 Å². The number of ether oxygens (including phenoxy) is 1. The van der Waals surface area contributed by atoms with Gasteiger partial charge in [0.1, 0.15) is 11.5 Å². The number of esters is 1. The first-order chi connectivity index (χ1) is 15.8. The topological polar surface area (TPSA) is 46.5 Å². The average molecular weight is 499 g/mol. The van der Waals surface area contributed by atoms with Gasteiger partial charge in [0.15, 0.2) is 0 Å². The Hall–Kier alpha value is -2.05. The highest BCUT2D eigenvalue weighted by atomic mass is 35.5. The molecule has 1 N–H and O–H groups in total. The van der Waals surface area contributed by atoms with Crippen LogP contribution in [-0.2, 0) is 17.3 Å². The third-order valence-corrected chi connectivity index (χ3v) is 7.38. The molecule has 0 saturated heterocycles. The molecule has 3 atom stereocenters. The lowest BCUT2D eigenvalue weighted by molar-refractivity contribution is -0.137. The van der Waals surface area contributed by atoms with Gasteiger partial charge in [0.05, 0.1) is 12.2 Å². The fourth-order valence-electron chi connectivity index (χ4n) is 4.07. The van der Waals surface area contributed by atoms with Crippen molar-refractivity contribution < 1.29 is 27.8 Å². The molecule has 0 spiro atoms. The van der Waals surface area contributed by atoms with Crippen molar-refractivity contribution in [3.63, 3.8) is 0 Å². The molecule has 1 aliphatic rings. The second-order valence-corrected chi connectivity index (χ2v) is 9.77. The molecule has 8 heteroatoms. The van der Waals surface area contributed by atoms with Crippen molar-refractivity contribution in [1.82, 2.24) is 0 Å². The van der Waals surface area contributed by atoms with Crippen LogP contribution in [0.4, 0.5) is 13.2 Å². The van der Waals surface area contributed by atoms with E-state index in [2.05, 4.69) is 5.73 Å². The highest BCUT2D eigenvalue weighted by Crippen LogP contribution is 2.40. The monoisotopic (exact) mass is 498 g/mol. The maximum absolute atomic E-state index is 12.9. The number of thiophene rings is 1. The summed E-state index contributed by atoms with van der Waals surface area (Å²) < 4.78 is 43.6. The van der Waals surface area contributed by atoms with Crippen LogP contribution in [0.1, 0.15) is 51.4 Å². The number of rotatable bonds is 9. The molecule has 178 valence electrons. The first-order valence-electron chi connectivity index (χ1n) is 10.9. The van der Waals surface area contributed by atoms with Crippen LogP contribution < -0.4 is 0 Å². The van der Waals surface area contributed by atoms with E-state index in [9.17, 15) is 18.0 Å². The molecule has 3 rings (SSSR count). The largest absolute Gasteiger partial charge is 0.459 e. The van der Waals surface area contributed by atoms with Gasteiger partial charge in [-0.2, -0.15) is 13.2 Å². The molecule has 3 nitrogen and oxygen atoms in total. The summed E-state index contributed by atoms with van der Waals surface area (Å²) >= 11 is 7.95. The third-order valence-electron chi connectivity index (χ3n) is 5.71. The van der Waals surface area contributed by atoms with E-state index in [-0.39, 0.29) is 30.4 Å². The van der Waals surface area contributed by atoms with Crippen molar-refractivity contribution in [3.05, 3.63) is 69.1 Å². The Morgan fingerprint density at radius 3 is 2.85 bits per heavy atom. The number of aliphatic hydroxyl groups is 1. The summed E-state index contributed by atoms with van der Waals surface area (Å²) in [6.45, 7) is -0.211. The summed E-state index contributed by atoms with van der Waals surface area (Å²) in [7, 11) is 0. The van der Waals surface area contributed by atoms with E-state index in [1.54, 1.807) is 18.2 Å². The molecular formula is C25H26ClF3O3S. The van der Waals surface area contributed by atoms with E-state index in [1.807, 2.05) is 12.1 Å². The fourth-order valence-corrected chi connectivity index (χ4v) is 5.45. The van der Waals surface area contributed by atoms with Gasteiger partial charge in [0, 0.05) is 10.3 Å². The van der Waals surface area contributed by atoms with Crippen LogP contribution in [0.25, 0.3) is 6.08 Å². The highest BCUT2D eigenvalue weighted by molar-refractivity contribution is 7.13. The predicted octanol–water partition coefficient (Wildman–Crippen LogP) is 6.74. The lowest BCUT2D eigenvalue weighted by atomic mass is 9.90. The molecule has 0 radical (unpaired) electrons. The van der Waals surface area contributed by atoms with E-state index in [0.29, 0.717) is 10.4 Å². The zero-order valence-corrected chi connectivity index (χ0v) is 19.6. The number of hydrogen-bond acceptors (Lipinski definition) is 4. The van der Waals surface area contributed by atoms with Crippen LogP contribution in [0.15, 0.2) is 48.2 Å². The molecule has 1 fully saturated rings. The van der Waals surface area contributed by atoms with E-state index in [0.717, 1.165) is 49.1 Å². The minimum atomic E-state index is -4.36. The van der Waals surface area contributed by atoms with Crippen LogP contribution >= 0.6 is 22.9 Å². The van der Waals surface area contributed by atoms with Crippen molar-refractivity contribution >= 4 is 35.0 Å². The number of aryl methyl sites for hydroxylation is 1. The molecule has 2 aromatic rings. The third kappa shape index (κ3) is 7.47. The molecular weight excluding hydrogens is 473 g/mol. The molecule has 1 saturated carbocycles. The van der Waals surface area contributed by atoms with Gasteiger partial charge in [0.2, 0.25) is 0 Å². The summed E-state index contributed by atoms with van der Waals surface area (Å²) in [4.78, 5) is 13.5. The normalized spacial score (nSPS) is 20.3. The van der Waals surface area contributed by atoms with Crippen LogP contribution in [-0.4, -0.2) is 29.7 Å².